The van der Waals surface area contributed by atoms with Crippen LogP contribution < -0.4 is 5.32 Å². The lowest BCUT2D eigenvalue weighted by Crippen LogP contribution is -2.51. The number of benzene rings is 1. The molecule has 3 heterocycles. The monoisotopic (exact) mass is 463 g/mol. The Kier molecular flexibility index (Phi) is 5.05. The number of halogens is 1. The maximum absolute atomic E-state index is 9.51. The third-order valence-electron chi connectivity index (χ3n) is 5.84. The lowest BCUT2D eigenvalue weighted by atomic mass is 9.89. The van der Waals surface area contributed by atoms with E-state index in [4.69, 9.17) is 9.73 Å². The Morgan fingerprint density at radius 1 is 1.27 bits per heavy atom. The molecule has 3 atom stereocenters. The van der Waals surface area contributed by atoms with E-state index in [-0.39, 0.29) is 18.1 Å². The second kappa shape index (κ2) is 7.86. The maximum Gasteiger partial charge on any atom is 0.133 e. The number of aromatic nitrogens is 1. The van der Waals surface area contributed by atoms with Crippen LogP contribution in [-0.4, -0.2) is 41.0 Å². The van der Waals surface area contributed by atoms with E-state index in [1.165, 1.54) is 5.56 Å². The van der Waals surface area contributed by atoms with Crippen LogP contribution in [0.4, 0.5) is 5.69 Å². The number of amidine groups is 1. The van der Waals surface area contributed by atoms with Gasteiger partial charge in [-0.1, -0.05) is 28.1 Å². The minimum absolute atomic E-state index is 0.0619. The molecule has 2 aliphatic heterocycles. The summed E-state index contributed by atoms with van der Waals surface area (Å²) >= 11 is 3.61. The Bertz CT molecular complexity index is 1090. The summed E-state index contributed by atoms with van der Waals surface area (Å²) in [5.41, 5.74) is 5.31. The fourth-order valence-electron chi connectivity index (χ4n) is 4.44. The van der Waals surface area contributed by atoms with Gasteiger partial charge in [0.2, 0.25) is 0 Å². The SMILES string of the molecule is C[C@@H]1CN(C2=CCC(C#N)c3ncccc32)C[C@H](C2=NCc3c(Br)cccc3N2)O1. The van der Waals surface area contributed by atoms with Gasteiger partial charge in [-0.3, -0.25) is 9.98 Å². The summed E-state index contributed by atoms with van der Waals surface area (Å²) in [6, 6.07) is 12.5. The van der Waals surface area contributed by atoms with Crippen LogP contribution >= 0.6 is 15.9 Å². The number of aliphatic imine (C=N–C) groups is 1. The van der Waals surface area contributed by atoms with Gasteiger partial charge < -0.3 is 15.0 Å². The van der Waals surface area contributed by atoms with Gasteiger partial charge in [-0.15, -0.1) is 0 Å². The van der Waals surface area contributed by atoms with E-state index in [2.05, 4.69) is 62.3 Å². The van der Waals surface area contributed by atoms with Crippen molar-refractivity contribution >= 4 is 33.1 Å². The van der Waals surface area contributed by atoms with E-state index >= 15 is 0 Å². The molecule has 7 heteroatoms. The molecule has 6 nitrogen and oxygen atoms in total. The number of fused-ring (bicyclic) bond motifs is 2. The molecule has 1 aromatic carbocycles. The van der Waals surface area contributed by atoms with Crippen molar-refractivity contribution < 1.29 is 4.74 Å². The van der Waals surface area contributed by atoms with Crippen LogP contribution in [0.15, 0.2) is 52.1 Å². The molecule has 0 radical (unpaired) electrons. The molecule has 5 rings (SSSR count). The van der Waals surface area contributed by atoms with Gasteiger partial charge in [0.1, 0.15) is 11.9 Å². The molecule has 152 valence electrons. The number of ether oxygens (including phenoxy) is 1. The molecule has 1 unspecified atom stereocenters. The van der Waals surface area contributed by atoms with Crippen molar-refractivity contribution in [3.63, 3.8) is 0 Å². The fourth-order valence-corrected chi connectivity index (χ4v) is 4.93. The fraction of sp³-hybridized carbons (Fsp3) is 0.348. The summed E-state index contributed by atoms with van der Waals surface area (Å²) in [7, 11) is 0. The third kappa shape index (κ3) is 3.40. The second-order valence-electron chi connectivity index (χ2n) is 7.88. The predicted octanol–water partition coefficient (Wildman–Crippen LogP) is 4.31. The Labute approximate surface area is 184 Å². The molecule has 1 aliphatic carbocycles. The van der Waals surface area contributed by atoms with E-state index in [0.29, 0.717) is 19.5 Å². The minimum Gasteiger partial charge on any atom is -0.366 e. The first kappa shape index (κ1) is 19.3. The molecule has 1 N–H and O–H groups in total. The number of rotatable bonds is 2. The number of nitriles is 1. The van der Waals surface area contributed by atoms with E-state index in [1.54, 1.807) is 6.20 Å². The zero-order valence-electron chi connectivity index (χ0n) is 16.7. The quantitative estimate of drug-likeness (QED) is 0.717. The molecule has 0 saturated carbocycles. The number of allylic oxidation sites excluding steroid dienone is 1. The van der Waals surface area contributed by atoms with E-state index in [9.17, 15) is 5.26 Å². The lowest BCUT2D eigenvalue weighted by molar-refractivity contribution is -0.0279. The van der Waals surface area contributed by atoms with Gasteiger partial charge in [-0.25, -0.2) is 0 Å². The molecular weight excluding hydrogens is 442 g/mol. The Balaban J connectivity index is 1.41. The smallest absolute Gasteiger partial charge is 0.133 e. The summed E-state index contributed by atoms with van der Waals surface area (Å²) in [6.07, 6.45) is 4.55. The van der Waals surface area contributed by atoms with Crippen molar-refractivity contribution in [2.45, 2.75) is 38.0 Å². The molecule has 30 heavy (non-hydrogen) atoms. The summed E-state index contributed by atoms with van der Waals surface area (Å²) in [6.45, 7) is 4.23. The highest BCUT2D eigenvalue weighted by atomic mass is 79.9. The van der Waals surface area contributed by atoms with Crippen LogP contribution in [-0.2, 0) is 11.3 Å². The van der Waals surface area contributed by atoms with E-state index in [0.717, 1.165) is 39.5 Å². The second-order valence-corrected chi connectivity index (χ2v) is 8.73. The molecule has 3 aliphatic rings. The van der Waals surface area contributed by atoms with Crippen molar-refractivity contribution in [2.24, 2.45) is 4.99 Å². The van der Waals surface area contributed by atoms with Crippen LogP contribution in [0.5, 0.6) is 0 Å². The van der Waals surface area contributed by atoms with Gasteiger partial charge in [0.05, 0.1) is 36.9 Å². The highest BCUT2D eigenvalue weighted by Crippen LogP contribution is 2.36. The van der Waals surface area contributed by atoms with Crippen molar-refractivity contribution in [1.29, 1.82) is 5.26 Å². The van der Waals surface area contributed by atoms with Gasteiger partial charge in [-0.05, 0) is 37.6 Å². The molecular formula is C23H22BrN5O. The van der Waals surface area contributed by atoms with Crippen LogP contribution in [0.3, 0.4) is 0 Å². The average Bonchev–Trinajstić information content (AvgIpc) is 2.78. The summed E-state index contributed by atoms with van der Waals surface area (Å²) in [5, 5.41) is 13.0. The van der Waals surface area contributed by atoms with Crippen LogP contribution in [0.1, 0.15) is 36.1 Å². The van der Waals surface area contributed by atoms with Crippen molar-refractivity contribution in [1.82, 2.24) is 9.88 Å². The molecule has 0 amide bonds. The maximum atomic E-state index is 9.51. The first-order valence-electron chi connectivity index (χ1n) is 10.2. The van der Waals surface area contributed by atoms with Crippen molar-refractivity contribution in [3.05, 3.63) is 63.9 Å². The van der Waals surface area contributed by atoms with Crippen LogP contribution in [0, 0.1) is 11.3 Å². The van der Waals surface area contributed by atoms with Gasteiger partial charge in [0, 0.05) is 39.7 Å². The third-order valence-corrected chi connectivity index (χ3v) is 6.59. The van der Waals surface area contributed by atoms with E-state index < -0.39 is 0 Å². The number of pyridine rings is 1. The van der Waals surface area contributed by atoms with Gasteiger partial charge in [0.25, 0.3) is 0 Å². The normalized spacial score (nSPS) is 25.2. The van der Waals surface area contributed by atoms with Gasteiger partial charge in [-0.2, -0.15) is 5.26 Å². The first-order valence-corrected chi connectivity index (χ1v) is 11.0. The largest absolute Gasteiger partial charge is 0.366 e. The number of anilines is 1. The summed E-state index contributed by atoms with van der Waals surface area (Å²) < 4.78 is 7.35. The highest BCUT2D eigenvalue weighted by Gasteiger charge is 2.34. The number of hydrogen-bond acceptors (Lipinski definition) is 6. The minimum atomic E-state index is -0.182. The summed E-state index contributed by atoms with van der Waals surface area (Å²) in [5.74, 6) is 0.688. The molecule has 0 spiro atoms. The van der Waals surface area contributed by atoms with E-state index in [1.807, 2.05) is 18.2 Å². The first-order chi connectivity index (χ1) is 14.6. The predicted molar refractivity (Wildman–Crippen MR) is 120 cm³/mol. The van der Waals surface area contributed by atoms with Crippen molar-refractivity contribution in [3.8, 4) is 6.07 Å². The summed E-state index contributed by atoms with van der Waals surface area (Å²) in [4.78, 5) is 11.7. The standard InChI is InChI=1S/C23H22BrN5O/c1-14-12-29(20-8-7-15(10-25)22-16(20)4-3-9-26-22)13-21(30-14)23-27-11-17-18(24)5-2-6-19(17)28-23/h2-6,8-9,14-15,21H,7,11-13H2,1H3,(H,27,28)/t14-,15?,21-/m1/s1. The number of nitrogens with zero attached hydrogens (tertiary/aromatic N) is 4. The number of hydrogen-bond donors (Lipinski definition) is 1. The molecule has 1 saturated heterocycles. The van der Waals surface area contributed by atoms with Crippen LogP contribution in [0.25, 0.3) is 5.70 Å². The van der Waals surface area contributed by atoms with Gasteiger partial charge >= 0.3 is 0 Å². The van der Waals surface area contributed by atoms with Crippen molar-refractivity contribution in [2.75, 3.05) is 18.4 Å². The Morgan fingerprint density at radius 3 is 3.03 bits per heavy atom. The number of nitrogens with one attached hydrogen (secondary N) is 1. The zero-order chi connectivity index (χ0) is 20.7. The average molecular weight is 464 g/mol. The molecule has 2 aromatic rings. The van der Waals surface area contributed by atoms with Gasteiger partial charge in [0.15, 0.2) is 0 Å². The molecule has 0 bridgehead atoms. The van der Waals surface area contributed by atoms with Crippen LogP contribution in [0.2, 0.25) is 0 Å². The number of morpholine rings is 1. The molecule has 1 fully saturated rings. The lowest BCUT2D eigenvalue weighted by Gasteiger charge is -2.41. The topological polar surface area (TPSA) is 73.5 Å². The highest BCUT2D eigenvalue weighted by molar-refractivity contribution is 9.10. The Morgan fingerprint density at radius 2 is 2.17 bits per heavy atom. The molecule has 1 aromatic heterocycles. The zero-order valence-corrected chi connectivity index (χ0v) is 18.3. The Hall–Kier alpha value is -2.69.